The van der Waals surface area contributed by atoms with Gasteiger partial charge in [-0.1, -0.05) is 16.6 Å². The Morgan fingerprint density at radius 2 is 2.20 bits per heavy atom. The van der Waals surface area contributed by atoms with E-state index in [0.29, 0.717) is 11.3 Å². The number of fused-ring (bicyclic) bond motifs is 1. The van der Waals surface area contributed by atoms with Gasteiger partial charge in [-0.15, -0.1) is 5.10 Å². The minimum Gasteiger partial charge on any atom is -0.495 e. The summed E-state index contributed by atoms with van der Waals surface area (Å²) < 4.78 is 11.4. The van der Waals surface area contributed by atoms with E-state index < -0.39 is 0 Å². The third-order valence-electron chi connectivity index (χ3n) is 4.15. The number of para-hydroxylation sites is 1. The SMILES string of the molecule is COc1cccc2c(/C=C3\C(=O)NN=C3c3snnc3C)cn(C)c12. The number of ether oxygens (including phenoxy) is 1. The monoisotopic (exact) mass is 353 g/mol. The Morgan fingerprint density at radius 3 is 2.92 bits per heavy atom. The van der Waals surface area contributed by atoms with Crippen LogP contribution in [-0.4, -0.2) is 32.9 Å². The fraction of sp³-hybridized carbons (Fsp3) is 0.176. The van der Waals surface area contributed by atoms with Crippen molar-refractivity contribution in [2.75, 3.05) is 7.11 Å². The van der Waals surface area contributed by atoms with Crippen LogP contribution in [0.5, 0.6) is 5.75 Å². The second-order valence-electron chi connectivity index (χ2n) is 5.70. The molecule has 126 valence electrons. The van der Waals surface area contributed by atoms with Gasteiger partial charge < -0.3 is 9.30 Å². The van der Waals surface area contributed by atoms with Gasteiger partial charge in [0.2, 0.25) is 0 Å². The predicted octanol–water partition coefficient (Wildman–Crippen LogP) is 2.26. The van der Waals surface area contributed by atoms with E-state index in [9.17, 15) is 4.79 Å². The Kier molecular flexibility index (Phi) is 3.61. The van der Waals surface area contributed by atoms with Gasteiger partial charge in [-0.25, -0.2) is 5.43 Å². The normalized spacial score (nSPS) is 15.7. The van der Waals surface area contributed by atoms with Crippen LogP contribution in [0.1, 0.15) is 16.1 Å². The number of methoxy groups -OCH3 is 1. The van der Waals surface area contributed by atoms with E-state index in [1.54, 1.807) is 7.11 Å². The number of hydrogen-bond donors (Lipinski definition) is 1. The predicted molar refractivity (Wildman–Crippen MR) is 96.8 cm³/mol. The Labute approximate surface area is 147 Å². The highest BCUT2D eigenvalue weighted by Gasteiger charge is 2.27. The van der Waals surface area contributed by atoms with Gasteiger partial charge >= 0.3 is 0 Å². The van der Waals surface area contributed by atoms with Crippen molar-refractivity contribution in [2.45, 2.75) is 6.92 Å². The molecule has 1 aliphatic heterocycles. The zero-order chi connectivity index (χ0) is 17.6. The largest absolute Gasteiger partial charge is 0.495 e. The van der Waals surface area contributed by atoms with Crippen molar-refractivity contribution >= 4 is 40.1 Å². The number of rotatable bonds is 3. The molecule has 7 nitrogen and oxygen atoms in total. The van der Waals surface area contributed by atoms with E-state index in [-0.39, 0.29) is 5.91 Å². The quantitative estimate of drug-likeness (QED) is 0.733. The second kappa shape index (κ2) is 5.82. The van der Waals surface area contributed by atoms with Crippen LogP contribution in [0.25, 0.3) is 17.0 Å². The average Bonchev–Trinajstić information content (AvgIpc) is 3.27. The van der Waals surface area contributed by atoms with Gasteiger partial charge in [0.25, 0.3) is 5.91 Å². The molecule has 8 heteroatoms. The van der Waals surface area contributed by atoms with Crippen LogP contribution < -0.4 is 10.2 Å². The van der Waals surface area contributed by atoms with Crippen molar-refractivity contribution in [1.82, 2.24) is 19.6 Å². The molecule has 1 aromatic carbocycles. The first kappa shape index (κ1) is 15.5. The molecule has 1 N–H and O–H groups in total. The number of nitrogens with zero attached hydrogens (tertiary/aromatic N) is 4. The van der Waals surface area contributed by atoms with Crippen molar-refractivity contribution in [3.8, 4) is 5.75 Å². The number of aromatic nitrogens is 3. The maximum Gasteiger partial charge on any atom is 0.273 e. The summed E-state index contributed by atoms with van der Waals surface area (Å²) in [7, 11) is 3.60. The Balaban J connectivity index is 1.88. The average molecular weight is 353 g/mol. The summed E-state index contributed by atoms with van der Waals surface area (Å²) in [5, 5.41) is 9.18. The molecule has 1 amide bonds. The minimum atomic E-state index is -0.234. The third-order valence-corrected chi connectivity index (χ3v) is 4.99. The summed E-state index contributed by atoms with van der Waals surface area (Å²) in [5.74, 6) is 0.555. The lowest BCUT2D eigenvalue weighted by molar-refractivity contribution is -0.116. The standard InChI is InChI=1S/C17H15N5O2S/c1-9-16(25-21-18-9)14-12(17(23)20-19-14)7-10-8-22(2)15-11(10)5-4-6-13(15)24-3/h4-8H,1-3H3,(H,20,23)/b12-7-. The summed E-state index contributed by atoms with van der Waals surface area (Å²) in [6.45, 7) is 1.85. The lowest BCUT2D eigenvalue weighted by Crippen LogP contribution is -2.13. The van der Waals surface area contributed by atoms with Crippen molar-refractivity contribution < 1.29 is 9.53 Å². The molecule has 4 rings (SSSR count). The highest BCUT2D eigenvalue weighted by atomic mass is 32.1. The summed E-state index contributed by atoms with van der Waals surface area (Å²) >= 11 is 1.23. The van der Waals surface area contributed by atoms with E-state index in [1.807, 2.05) is 49.0 Å². The lowest BCUT2D eigenvalue weighted by atomic mass is 10.0. The lowest BCUT2D eigenvalue weighted by Gasteiger charge is -2.03. The maximum atomic E-state index is 12.3. The fourth-order valence-electron chi connectivity index (χ4n) is 2.99. The molecule has 2 aromatic heterocycles. The van der Waals surface area contributed by atoms with Crippen LogP contribution in [0.4, 0.5) is 0 Å². The summed E-state index contributed by atoms with van der Waals surface area (Å²) in [4.78, 5) is 13.1. The highest BCUT2D eigenvalue weighted by molar-refractivity contribution is 7.08. The summed E-state index contributed by atoms with van der Waals surface area (Å²) in [6, 6.07) is 5.86. The van der Waals surface area contributed by atoms with Gasteiger partial charge in [-0.05, 0) is 30.6 Å². The van der Waals surface area contributed by atoms with Crippen LogP contribution in [0.3, 0.4) is 0 Å². The molecule has 0 saturated carbocycles. The van der Waals surface area contributed by atoms with Crippen LogP contribution in [0, 0.1) is 6.92 Å². The number of hydrazone groups is 1. The van der Waals surface area contributed by atoms with Crippen LogP contribution >= 0.6 is 11.5 Å². The van der Waals surface area contributed by atoms with Gasteiger partial charge in [-0.2, -0.15) is 5.10 Å². The molecule has 0 unspecified atom stereocenters. The topological polar surface area (TPSA) is 81.4 Å². The van der Waals surface area contributed by atoms with Crippen LogP contribution in [0.15, 0.2) is 35.1 Å². The molecule has 0 aliphatic carbocycles. The molecule has 0 saturated heterocycles. The van der Waals surface area contributed by atoms with E-state index in [4.69, 9.17) is 4.74 Å². The minimum absolute atomic E-state index is 0.234. The molecule has 3 aromatic rings. The molecule has 0 atom stereocenters. The second-order valence-corrected chi connectivity index (χ2v) is 6.45. The van der Waals surface area contributed by atoms with E-state index in [0.717, 1.165) is 32.8 Å². The van der Waals surface area contributed by atoms with Crippen molar-refractivity contribution in [3.05, 3.63) is 46.1 Å². The first-order valence-electron chi connectivity index (χ1n) is 7.61. The first-order valence-corrected chi connectivity index (χ1v) is 8.39. The number of hydrogen-bond acceptors (Lipinski definition) is 6. The molecular formula is C17H15N5O2S. The number of carbonyl (C=O) groups excluding carboxylic acids is 1. The Morgan fingerprint density at radius 1 is 1.36 bits per heavy atom. The first-order chi connectivity index (χ1) is 12.1. The van der Waals surface area contributed by atoms with Crippen LogP contribution in [0.2, 0.25) is 0 Å². The zero-order valence-corrected chi connectivity index (χ0v) is 14.7. The Bertz CT molecular complexity index is 1060. The van der Waals surface area contributed by atoms with E-state index in [1.165, 1.54) is 11.5 Å². The van der Waals surface area contributed by atoms with E-state index >= 15 is 0 Å². The molecule has 0 radical (unpaired) electrons. The fourth-order valence-corrected chi connectivity index (χ4v) is 3.65. The van der Waals surface area contributed by atoms with Crippen molar-refractivity contribution in [3.63, 3.8) is 0 Å². The van der Waals surface area contributed by atoms with Gasteiger partial charge in [0.1, 0.15) is 11.5 Å². The number of nitrogens with one attached hydrogen (secondary N) is 1. The summed E-state index contributed by atoms with van der Waals surface area (Å²) in [5.41, 5.74) is 6.27. The number of benzene rings is 1. The third kappa shape index (κ3) is 2.42. The van der Waals surface area contributed by atoms with Gasteiger partial charge in [0.15, 0.2) is 0 Å². The zero-order valence-electron chi connectivity index (χ0n) is 13.9. The molecule has 0 bridgehead atoms. The highest BCUT2D eigenvalue weighted by Crippen LogP contribution is 2.31. The van der Waals surface area contributed by atoms with Gasteiger partial charge in [-0.3, -0.25) is 4.79 Å². The molecule has 0 fully saturated rings. The number of amides is 1. The molecule has 25 heavy (non-hydrogen) atoms. The van der Waals surface area contributed by atoms with Crippen molar-refractivity contribution in [2.24, 2.45) is 12.1 Å². The van der Waals surface area contributed by atoms with E-state index in [2.05, 4.69) is 20.1 Å². The maximum absolute atomic E-state index is 12.3. The molecule has 0 spiro atoms. The van der Waals surface area contributed by atoms with Crippen molar-refractivity contribution in [1.29, 1.82) is 0 Å². The van der Waals surface area contributed by atoms with Crippen LogP contribution in [-0.2, 0) is 11.8 Å². The Hall–Kier alpha value is -3.00. The molecular weight excluding hydrogens is 338 g/mol. The summed E-state index contributed by atoms with van der Waals surface area (Å²) in [6.07, 6.45) is 3.82. The molecule has 1 aliphatic rings. The smallest absolute Gasteiger partial charge is 0.273 e. The number of carbonyl (C=O) groups is 1. The van der Waals surface area contributed by atoms with Gasteiger partial charge in [0.05, 0.1) is 28.8 Å². The number of aryl methyl sites for hydroxylation is 2. The van der Waals surface area contributed by atoms with Gasteiger partial charge in [0, 0.05) is 24.2 Å². The molecule has 3 heterocycles.